The summed E-state index contributed by atoms with van der Waals surface area (Å²) < 4.78 is 0. The fourth-order valence-electron chi connectivity index (χ4n) is 3.23. The number of rotatable bonds is 8. The second kappa shape index (κ2) is 9.67. The molecule has 0 radical (unpaired) electrons. The molecule has 0 aliphatic carbocycles. The Balaban J connectivity index is 1.57. The van der Waals surface area contributed by atoms with Crippen molar-refractivity contribution in [2.75, 3.05) is 26.2 Å². The van der Waals surface area contributed by atoms with Crippen LogP contribution in [0.5, 0.6) is 0 Å². The summed E-state index contributed by atoms with van der Waals surface area (Å²) >= 11 is 1.38. The normalized spacial score (nSPS) is 20.9. The van der Waals surface area contributed by atoms with Gasteiger partial charge in [-0.25, -0.2) is 0 Å². The Hall–Kier alpha value is -1.40. The van der Waals surface area contributed by atoms with Gasteiger partial charge in [0, 0.05) is 13.0 Å². The molecular weight excluding hydrogens is 310 g/mol. The van der Waals surface area contributed by atoms with Crippen LogP contribution in [-0.4, -0.2) is 44.0 Å². The van der Waals surface area contributed by atoms with E-state index in [-0.39, 0.29) is 18.4 Å². The molecule has 0 bridgehead atoms. The predicted molar refractivity (Wildman–Crippen MR) is 92.9 cm³/mol. The maximum atomic E-state index is 11.8. The van der Waals surface area contributed by atoms with Gasteiger partial charge >= 0.3 is 0 Å². The molecule has 0 spiro atoms. The summed E-state index contributed by atoms with van der Waals surface area (Å²) in [5.41, 5.74) is 0. The number of carbonyl (C=O) groups is 2. The molecule has 6 heteroatoms. The summed E-state index contributed by atoms with van der Waals surface area (Å²) in [6.45, 7) is 5.40. The highest BCUT2D eigenvalue weighted by atomic mass is 32.1. The average Bonchev–Trinajstić information content (AvgIpc) is 3.11. The average molecular weight is 338 g/mol. The Morgan fingerprint density at radius 2 is 2.22 bits per heavy atom. The number of nitrogens with one attached hydrogen (secondary N) is 3. The lowest BCUT2D eigenvalue weighted by Crippen LogP contribution is -3.16. The fourth-order valence-corrected chi connectivity index (χ4v) is 3.87. The van der Waals surface area contributed by atoms with Crippen LogP contribution in [0, 0.1) is 0 Å². The van der Waals surface area contributed by atoms with Crippen LogP contribution in [0.4, 0.5) is 0 Å². The number of quaternary nitrogens is 1. The number of amides is 2. The summed E-state index contributed by atoms with van der Waals surface area (Å²) in [7, 11) is 0. The fraction of sp³-hybridized carbons (Fsp3) is 0.647. The van der Waals surface area contributed by atoms with E-state index in [1.807, 2.05) is 11.4 Å². The van der Waals surface area contributed by atoms with Crippen molar-refractivity contribution < 1.29 is 14.5 Å². The van der Waals surface area contributed by atoms with E-state index in [4.69, 9.17) is 0 Å². The minimum Gasteiger partial charge on any atom is -0.354 e. The van der Waals surface area contributed by atoms with Crippen molar-refractivity contribution in [3.8, 4) is 0 Å². The Kier molecular flexibility index (Phi) is 7.55. The van der Waals surface area contributed by atoms with Crippen molar-refractivity contribution in [1.29, 1.82) is 0 Å². The van der Waals surface area contributed by atoms with Crippen LogP contribution < -0.4 is 15.5 Å². The lowest BCUT2D eigenvalue weighted by molar-refractivity contribution is -0.930. The Morgan fingerprint density at radius 3 is 2.96 bits per heavy atom. The second-order valence-corrected chi connectivity index (χ2v) is 7.07. The first kappa shape index (κ1) is 17.9. The standard InChI is InChI=1S/C17H27N3O2S/c1-2-14-7-3-4-10-20(14)11-6-9-18-16(21)13-19-17(22)15-8-5-12-23-15/h5,8,12,14H,2-4,6-7,9-11,13H2,1H3,(H,18,21)(H,19,22)/p+1. The van der Waals surface area contributed by atoms with E-state index in [1.165, 1.54) is 43.6 Å². The van der Waals surface area contributed by atoms with Gasteiger partial charge in [0.25, 0.3) is 5.91 Å². The third kappa shape index (κ3) is 5.95. The molecule has 2 atom stereocenters. The Morgan fingerprint density at radius 1 is 1.35 bits per heavy atom. The molecule has 3 N–H and O–H groups in total. The van der Waals surface area contributed by atoms with Crippen LogP contribution in [-0.2, 0) is 4.79 Å². The molecule has 0 saturated carbocycles. The molecule has 23 heavy (non-hydrogen) atoms. The molecule has 1 aliphatic rings. The Labute approximate surface area is 142 Å². The molecule has 1 aromatic rings. The van der Waals surface area contributed by atoms with Gasteiger partial charge in [-0.1, -0.05) is 13.0 Å². The van der Waals surface area contributed by atoms with Gasteiger partial charge < -0.3 is 15.5 Å². The van der Waals surface area contributed by atoms with E-state index in [9.17, 15) is 9.59 Å². The zero-order valence-corrected chi connectivity index (χ0v) is 14.7. The predicted octanol–water partition coefficient (Wildman–Crippen LogP) is 0.832. The first-order chi connectivity index (χ1) is 11.2. The van der Waals surface area contributed by atoms with Gasteiger partial charge in [-0.05, 0) is 37.1 Å². The summed E-state index contributed by atoms with van der Waals surface area (Å²) in [5.74, 6) is -0.297. The van der Waals surface area contributed by atoms with Crippen molar-refractivity contribution in [3.05, 3.63) is 22.4 Å². The zero-order valence-electron chi connectivity index (χ0n) is 13.9. The molecule has 2 amide bonds. The molecule has 1 aliphatic heterocycles. The highest BCUT2D eigenvalue weighted by molar-refractivity contribution is 7.12. The first-order valence-corrected chi connectivity index (χ1v) is 9.51. The van der Waals surface area contributed by atoms with Gasteiger partial charge in [0.1, 0.15) is 0 Å². The molecular formula is C17H28N3O2S+. The quantitative estimate of drug-likeness (QED) is 0.615. The van der Waals surface area contributed by atoms with Crippen molar-refractivity contribution >= 4 is 23.2 Å². The number of carbonyl (C=O) groups excluding carboxylic acids is 2. The first-order valence-electron chi connectivity index (χ1n) is 8.63. The summed E-state index contributed by atoms with van der Waals surface area (Å²) in [5, 5.41) is 7.39. The summed E-state index contributed by atoms with van der Waals surface area (Å²) in [4.78, 5) is 25.8. The SMILES string of the molecule is CCC1CCCC[NH+]1CCCNC(=O)CNC(=O)c1cccs1. The Bertz CT molecular complexity index is 490. The van der Waals surface area contributed by atoms with Crippen molar-refractivity contribution in [3.63, 3.8) is 0 Å². The molecule has 2 unspecified atom stereocenters. The van der Waals surface area contributed by atoms with Gasteiger partial charge in [-0.2, -0.15) is 0 Å². The van der Waals surface area contributed by atoms with Crippen LogP contribution in [0.1, 0.15) is 48.7 Å². The van der Waals surface area contributed by atoms with Crippen molar-refractivity contribution in [2.24, 2.45) is 0 Å². The second-order valence-electron chi connectivity index (χ2n) is 6.12. The van der Waals surface area contributed by atoms with E-state index < -0.39 is 0 Å². The number of likely N-dealkylation sites (tertiary alicyclic amines) is 1. The van der Waals surface area contributed by atoms with Gasteiger partial charge in [-0.3, -0.25) is 9.59 Å². The van der Waals surface area contributed by atoms with E-state index in [1.54, 1.807) is 11.0 Å². The van der Waals surface area contributed by atoms with Crippen LogP contribution in [0.15, 0.2) is 17.5 Å². The van der Waals surface area contributed by atoms with E-state index in [0.717, 1.165) is 19.0 Å². The maximum Gasteiger partial charge on any atom is 0.261 e. The summed E-state index contributed by atoms with van der Waals surface area (Å²) in [6, 6.07) is 4.37. The zero-order chi connectivity index (χ0) is 16.5. The van der Waals surface area contributed by atoms with Crippen LogP contribution >= 0.6 is 11.3 Å². The number of piperidine rings is 1. The van der Waals surface area contributed by atoms with Crippen molar-refractivity contribution in [1.82, 2.24) is 10.6 Å². The molecule has 0 aromatic carbocycles. The highest BCUT2D eigenvalue weighted by Crippen LogP contribution is 2.07. The minimum absolute atomic E-state index is 0.0465. The smallest absolute Gasteiger partial charge is 0.261 e. The molecule has 5 nitrogen and oxygen atoms in total. The molecule has 128 valence electrons. The number of hydrogen-bond acceptors (Lipinski definition) is 3. The third-order valence-corrected chi connectivity index (χ3v) is 5.39. The maximum absolute atomic E-state index is 11.8. The van der Waals surface area contributed by atoms with Crippen LogP contribution in [0.2, 0.25) is 0 Å². The van der Waals surface area contributed by atoms with Gasteiger partial charge in [-0.15, -0.1) is 11.3 Å². The van der Waals surface area contributed by atoms with Crippen LogP contribution in [0.3, 0.4) is 0 Å². The molecule has 2 heterocycles. The lowest BCUT2D eigenvalue weighted by atomic mass is 10.00. The highest BCUT2D eigenvalue weighted by Gasteiger charge is 2.23. The molecule has 1 fully saturated rings. The summed E-state index contributed by atoms with van der Waals surface area (Å²) in [6.07, 6.45) is 6.27. The minimum atomic E-state index is -0.182. The van der Waals surface area contributed by atoms with Gasteiger partial charge in [0.2, 0.25) is 5.91 Å². The largest absolute Gasteiger partial charge is 0.354 e. The molecule has 1 aromatic heterocycles. The van der Waals surface area contributed by atoms with E-state index >= 15 is 0 Å². The lowest BCUT2D eigenvalue weighted by Gasteiger charge is -2.32. The number of hydrogen-bond donors (Lipinski definition) is 3. The topological polar surface area (TPSA) is 62.6 Å². The van der Waals surface area contributed by atoms with Crippen LogP contribution in [0.25, 0.3) is 0 Å². The third-order valence-electron chi connectivity index (χ3n) is 4.52. The van der Waals surface area contributed by atoms with Gasteiger partial charge in [0.15, 0.2) is 0 Å². The van der Waals surface area contributed by atoms with E-state index in [0.29, 0.717) is 11.4 Å². The molecule has 2 rings (SSSR count). The van der Waals surface area contributed by atoms with Gasteiger partial charge in [0.05, 0.1) is 30.6 Å². The number of thiophene rings is 1. The van der Waals surface area contributed by atoms with E-state index in [2.05, 4.69) is 17.6 Å². The molecule has 1 saturated heterocycles. The monoisotopic (exact) mass is 338 g/mol. The van der Waals surface area contributed by atoms with Crippen molar-refractivity contribution in [2.45, 2.75) is 45.1 Å².